The fraction of sp³-hybridized carbons (Fsp3) is 0.238. The molecule has 1 saturated heterocycles. The highest BCUT2D eigenvalue weighted by atomic mass is 32.2. The lowest BCUT2D eigenvalue weighted by atomic mass is 10.1. The summed E-state index contributed by atoms with van der Waals surface area (Å²) in [6, 6.07) is 10.3. The molecular formula is C21H22N4O2S. The predicted molar refractivity (Wildman–Crippen MR) is 111 cm³/mol. The van der Waals surface area contributed by atoms with Gasteiger partial charge in [-0.15, -0.1) is 0 Å². The molecule has 1 N–H and O–H groups in total. The standard InChI is InChI=1S/C21H22N4O2S/c1-5-25-17-11-6-7-12-18(17)28-21(25)15(13-22)9-8-10-16-19(26)23(3)14(2)24(4)20(16)27/h6-12,19,26H,2,5H2,1,3-4H3/b9-8+,16-10-,21-15+. The molecule has 7 heteroatoms. The monoisotopic (exact) mass is 394 g/mol. The third kappa shape index (κ3) is 3.33. The highest BCUT2D eigenvalue weighted by molar-refractivity contribution is 8.03. The average Bonchev–Trinajstić information content (AvgIpc) is 3.08. The maximum Gasteiger partial charge on any atom is 0.259 e. The van der Waals surface area contributed by atoms with Crippen molar-refractivity contribution < 1.29 is 9.90 Å². The minimum absolute atomic E-state index is 0.227. The summed E-state index contributed by atoms with van der Waals surface area (Å²) in [5.41, 5.74) is 1.82. The molecule has 1 aromatic rings. The first-order valence-electron chi connectivity index (χ1n) is 8.85. The van der Waals surface area contributed by atoms with Crippen LogP contribution in [0.3, 0.4) is 0 Å². The number of hydrogen-bond donors (Lipinski definition) is 1. The van der Waals surface area contributed by atoms with Crippen molar-refractivity contribution in [3.8, 4) is 6.07 Å². The molecule has 28 heavy (non-hydrogen) atoms. The van der Waals surface area contributed by atoms with Crippen molar-refractivity contribution in [3.63, 3.8) is 0 Å². The first kappa shape index (κ1) is 19.8. The summed E-state index contributed by atoms with van der Waals surface area (Å²) in [5, 5.41) is 20.9. The van der Waals surface area contributed by atoms with Gasteiger partial charge in [0.1, 0.15) is 11.9 Å². The van der Waals surface area contributed by atoms with E-state index >= 15 is 0 Å². The zero-order valence-electron chi connectivity index (χ0n) is 16.1. The number of thioether (sulfide) groups is 1. The van der Waals surface area contributed by atoms with Crippen molar-refractivity contribution in [1.29, 1.82) is 5.26 Å². The number of nitrogens with zero attached hydrogens (tertiary/aromatic N) is 4. The number of rotatable bonds is 3. The predicted octanol–water partition coefficient (Wildman–Crippen LogP) is 3.03. The molecule has 3 rings (SSSR count). The molecule has 2 aliphatic rings. The highest BCUT2D eigenvalue weighted by Gasteiger charge is 2.33. The average molecular weight is 395 g/mol. The molecule has 144 valence electrons. The largest absolute Gasteiger partial charge is 0.369 e. The van der Waals surface area contributed by atoms with Gasteiger partial charge in [0.15, 0.2) is 6.23 Å². The van der Waals surface area contributed by atoms with Gasteiger partial charge < -0.3 is 14.9 Å². The zero-order chi connectivity index (χ0) is 20.4. The highest BCUT2D eigenvalue weighted by Crippen LogP contribution is 2.46. The van der Waals surface area contributed by atoms with Gasteiger partial charge in [0.2, 0.25) is 0 Å². The lowest BCUT2D eigenvalue weighted by Gasteiger charge is -2.38. The number of para-hydroxylation sites is 1. The van der Waals surface area contributed by atoms with Crippen molar-refractivity contribution in [2.75, 3.05) is 25.5 Å². The lowest BCUT2D eigenvalue weighted by molar-refractivity contribution is -0.131. The first-order valence-corrected chi connectivity index (χ1v) is 9.67. The van der Waals surface area contributed by atoms with Gasteiger partial charge >= 0.3 is 0 Å². The van der Waals surface area contributed by atoms with Crippen molar-refractivity contribution >= 4 is 23.4 Å². The Morgan fingerprint density at radius 3 is 2.79 bits per heavy atom. The summed E-state index contributed by atoms with van der Waals surface area (Å²) in [6.07, 6.45) is 3.78. The van der Waals surface area contributed by atoms with Gasteiger partial charge in [0, 0.05) is 25.5 Å². The number of aliphatic hydroxyl groups excluding tert-OH is 1. The van der Waals surface area contributed by atoms with Crippen LogP contribution in [0.2, 0.25) is 0 Å². The molecule has 1 amide bonds. The van der Waals surface area contributed by atoms with E-state index in [0.29, 0.717) is 11.4 Å². The van der Waals surface area contributed by atoms with Crippen molar-refractivity contribution in [2.45, 2.75) is 18.0 Å². The molecule has 6 nitrogen and oxygen atoms in total. The SMILES string of the molecule is C=C1N(C)C(=O)\C(=C/C=C/C(C#N)=C2\Sc3ccccc3N2CC)C(O)N1C. The molecule has 1 unspecified atom stereocenters. The molecule has 0 aliphatic carbocycles. The molecule has 1 aromatic carbocycles. The number of aliphatic hydroxyl groups is 1. The Balaban J connectivity index is 1.92. The van der Waals surface area contributed by atoms with E-state index in [1.165, 1.54) is 9.80 Å². The zero-order valence-corrected chi connectivity index (χ0v) is 16.9. The fourth-order valence-corrected chi connectivity index (χ4v) is 4.32. The van der Waals surface area contributed by atoms with E-state index in [9.17, 15) is 15.2 Å². The number of carbonyl (C=O) groups excluding carboxylic acids is 1. The molecule has 2 aliphatic heterocycles. The maximum absolute atomic E-state index is 12.4. The number of fused-ring (bicyclic) bond motifs is 1. The third-order valence-electron chi connectivity index (χ3n) is 4.80. The number of hydrogen-bond acceptors (Lipinski definition) is 6. The molecule has 0 spiro atoms. The molecule has 1 atom stereocenters. The third-order valence-corrected chi connectivity index (χ3v) is 6.00. The first-order chi connectivity index (χ1) is 13.4. The minimum Gasteiger partial charge on any atom is -0.369 e. The van der Waals surface area contributed by atoms with E-state index in [1.807, 2.05) is 31.2 Å². The van der Waals surface area contributed by atoms with E-state index in [1.54, 1.807) is 44.1 Å². The molecule has 0 radical (unpaired) electrons. The fourth-order valence-electron chi connectivity index (χ4n) is 3.12. The van der Waals surface area contributed by atoms with Gasteiger partial charge in [0.25, 0.3) is 5.91 Å². The van der Waals surface area contributed by atoms with Gasteiger partial charge in [-0.3, -0.25) is 9.69 Å². The Morgan fingerprint density at radius 2 is 2.11 bits per heavy atom. The molecule has 1 fully saturated rings. The van der Waals surface area contributed by atoms with Gasteiger partial charge in [-0.2, -0.15) is 5.26 Å². The van der Waals surface area contributed by atoms with Gasteiger partial charge in [-0.05, 0) is 31.2 Å². The number of allylic oxidation sites excluding steroid dienone is 4. The number of nitriles is 1. The summed E-state index contributed by atoms with van der Waals surface area (Å²) in [5.74, 6) is 0.112. The second-order valence-corrected chi connectivity index (χ2v) is 7.42. The second kappa shape index (κ2) is 7.97. The van der Waals surface area contributed by atoms with Crippen LogP contribution in [0.15, 0.2) is 76.0 Å². The van der Waals surface area contributed by atoms with Crippen LogP contribution in [-0.4, -0.2) is 47.7 Å². The van der Waals surface area contributed by atoms with Crippen molar-refractivity contribution in [1.82, 2.24) is 9.80 Å². The van der Waals surface area contributed by atoms with Crippen LogP contribution < -0.4 is 4.90 Å². The Morgan fingerprint density at radius 1 is 1.39 bits per heavy atom. The summed E-state index contributed by atoms with van der Waals surface area (Å²) in [7, 11) is 3.28. The number of likely N-dealkylation sites (N-methyl/N-ethyl adjacent to an activating group) is 2. The quantitative estimate of drug-likeness (QED) is 0.628. The van der Waals surface area contributed by atoms with E-state index < -0.39 is 6.23 Å². The Hall–Kier alpha value is -2.95. The van der Waals surface area contributed by atoms with Crippen LogP contribution in [-0.2, 0) is 4.79 Å². The number of carbonyl (C=O) groups is 1. The van der Waals surface area contributed by atoms with Crippen LogP contribution >= 0.6 is 11.8 Å². The smallest absolute Gasteiger partial charge is 0.259 e. The van der Waals surface area contributed by atoms with Gasteiger partial charge in [-0.1, -0.05) is 36.5 Å². The number of anilines is 1. The van der Waals surface area contributed by atoms with Crippen LogP contribution in [0.25, 0.3) is 0 Å². The Labute approximate surface area is 169 Å². The normalized spacial score (nSPS) is 22.9. The Kier molecular flexibility index (Phi) is 5.63. The molecule has 0 bridgehead atoms. The van der Waals surface area contributed by atoms with E-state index in [-0.39, 0.29) is 11.5 Å². The van der Waals surface area contributed by atoms with Crippen molar-refractivity contribution in [2.24, 2.45) is 0 Å². The van der Waals surface area contributed by atoms with Crippen LogP contribution in [0, 0.1) is 11.3 Å². The van der Waals surface area contributed by atoms with Crippen LogP contribution in [0.5, 0.6) is 0 Å². The van der Waals surface area contributed by atoms with Gasteiger partial charge in [-0.25, -0.2) is 0 Å². The summed E-state index contributed by atoms with van der Waals surface area (Å²) in [4.78, 5) is 18.5. The lowest BCUT2D eigenvalue weighted by Crippen LogP contribution is -2.49. The van der Waals surface area contributed by atoms with E-state index in [2.05, 4.69) is 17.5 Å². The molecular weight excluding hydrogens is 372 g/mol. The number of benzene rings is 1. The topological polar surface area (TPSA) is 70.8 Å². The summed E-state index contributed by atoms with van der Waals surface area (Å²) in [6.45, 7) is 6.58. The second-order valence-electron chi connectivity index (χ2n) is 6.39. The van der Waals surface area contributed by atoms with Gasteiger partial charge in [0.05, 0.1) is 21.9 Å². The van der Waals surface area contributed by atoms with Crippen LogP contribution in [0.4, 0.5) is 5.69 Å². The molecule has 2 heterocycles. The number of amides is 1. The molecule has 0 saturated carbocycles. The van der Waals surface area contributed by atoms with Crippen LogP contribution in [0.1, 0.15) is 6.92 Å². The summed E-state index contributed by atoms with van der Waals surface area (Å²) < 4.78 is 0. The maximum atomic E-state index is 12.4. The van der Waals surface area contributed by atoms with Crippen molar-refractivity contribution in [3.05, 3.63) is 71.1 Å². The van der Waals surface area contributed by atoms with E-state index in [0.717, 1.165) is 22.2 Å². The molecule has 0 aromatic heterocycles. The Bertz CT molecular complexity index is 957. The minimum atomic E-state index is -1.07. The van der Waals surface area contributed by atoms with E-state index in [4.69, 9.17) is 0 Å². The summed E-state index contributed by atoms with van der Waals surface area (Å²) >= 11 is 1.56.